The third-order valence-corrected chi connectivity index (χ3v) is 7.72. The molecule has 0 atom stereocenters. The minimum atomic E-state index is -0.0478. The monoisotopic (exact) mass is 518 g/mol. The van der Waals surface area contributed by atoms with Gasteiger partial charge in [0.05, 0.1) is 18.0 Å². The number of ether oxygens (including phenoxy) is 1. The summed E-state index contributed by atoms with van der Waals surface area (Å²) in [7, 11) is 0. The lowest BCUT2D eigenvalue weighted by Crippen LogP contribution is -2.06. The zero-order chi connectivity index (χ0) is 26.9. The fourth-order valence-corrected chi connectivity index (χ4v) is 5.99. The van der Waals surface area contributed by atoms with E-state index in [0.717, 1.165) is 28.2 Å². The van der Waals surface area contributed by atoms with Gasteiger partial charge in [0, 0.05) is 27.7 Å². The highest BCUT2D eigenvalue weighted by atomic mass is 16.5. The van der Waals surface area contributed by atoms with Crippen molar-refractivity contribution in [2.75, 3.05) is 6.61 Å². The van der Waals surface area contributed by atoms with Crippen LogP contribution >= 0.6 is 0 Å². The summed E-state index contributed by atoms with van der Waals surface area (Å²) in [6, 6.07) is 47.3. The van der Waals surface area contributed by atoms with Crippen molar-refractivity contribution in [2.24, 2.45) is 0 Å². The topological polar surface area (TPSA) is 40.8 Å². The Bertz CT molecular complexity index is 1780. The Kier molecular flexibility index (Phi) is 6.18. The van der Waals surface area contributed by atoms with E-state index in [4.69, 9.17) is 4.74 Å². The second-order valence-corrected chi connectivity index (χ2v) is 10.1. The van der Waals surface area contributed by atoms with Gasteiger partial charge in [-0.05, 0) is 59.0 Å². The second-order valence-electron chi connectivity index (χ2n) is 10.1. The molecule has 3 heteroatoms. The number of nitrogens with one attached hydrogen (secondary N) is 2. The number of hydrogen-bond acceptors (Lipinski definition) is 1. The molecule has 194 valence electrons. The Hall–Kier alpha value is -5.02. The van der Waals surface area contributed by atoms with Crippen LogP contribution in [0.3, 0.4) is 0 Å². The normalized spacial score (nSPS) is 11.4. The second kappa shape index (κ2) is 10.3. The first-order valence-electron chi connectivity index (χ1n) is 13.9. The molecule has 7 aromatic rings. The highest BCUT2D eigenvalue weighted by Gasteiger charge is 2.30. The van der Waals surface area contributed by atoms with E-state index in [2.05, 4.69) is 143 Å². The van der Waals surface area contributed by atoms with Crippen LogP contribution in [-0.2, 0) is 0 Å². The molecule has 0 bridgehead atoms. The highest BCUT2D eigenvalue weighted by molar-refractivity contribution is 5.97. The number of aromatic nitrogens is 2. The van der Waals surface area contributed by atoms with Crippen LogP contribution in [0.4, 0.5) is 0 Å². The maximum atomic E-state index is 5.84. The Morgan fingerprint density at radius 2 is 0.975 bits per heavy atom. The van der Waals surface area contributed by atoms with Gasteiger partial charge in [-0.25, -0.2) is 0 Å². The third kappa shape index (κ3) is 4.17. The predicted molar refractivity (Wildman–Crippen MR) is 166 cm³/mol. The van der Waals surface area contributed by atoms with Crippen molar-refractivity contribution in [1.29, 1.82) is 0 Å². The van der Waals surface area contributed by atoms with E-state index in [1.54, 1.807) is 0 Å². The maximum Gasteiger partial charge on any atom is 0.119 e. The summed E-state index contributed by atoms with van der Waals surface area (Å²) in [5, 5.41) is 2.45. The summed E-state index contributed by atoms with van der Waals surface area (Å²) in [6.45, 7) is 2.66. The SMILES string of the molecule is CCOc1ccc(C(c2c(-c3ccccc3)[nH]c3ccccc23)c2c(-c3ccccc3)[nH]c3ccccc23)cc1. The Balaban J connectivity index is 1.59. The molecule has 0 aliphatic heterocycles. The summed E-state index contributed by atoms with van der Waals surface area (Å²) in [6.07, 6.45) is 0. The van der Waals surface area contributed by atoms with Gasteiger partial charge in [-0.3, -0.25) is 0 Å². The summed E-state index contributed by atoms with van der Waals surface area (Å²) in [5.74, 6) is 0.836. The molecular weight excluding hydrogens is 488 g/mol. The molecule has 0 spiro atoms. The number of aromatic amines is 2. The van der Waals surface area contributed by atoms with Gasteiger partial charge in [0.2, 0.25) is 0 Å². The van der Waals surface area contributed by atoms with Gasteiger partial charge in [0.1, 0.15) is 5.75 Å². The molecule has 5 aromatic carbocycles. The molecule has 2 heterocycles. The number of hydrogen-bond donors (Lipinski definition) is 2. The Labute approximate surface area is 234 Å². The van der Waals surface area contributed by atoms with Crippen molar-refractivity contribution in [3.63, 3.8) is 0 Å². The van der Waals surface area contributed by atoms with E-state index in [-0.39, 0.29) is 5.92 Å². The first kappa shape index (κ1) is 24.1. The standard InChI is InChI=1S/C37H30N2O/c1-2-40-28-23-21-25(22-24-28)33(34-29-17-9-11-19-31(29)38-36(34)26-13-5-3-6-14-26)35-30-18-10-12-20-32(30)39-37(35)27-15-7-4-8-16-27/h3-24,33,38-39H,2H2,1H3. The van der Waals surface area contributed by atoms with Crippen molar-refractivity contribution in [2.45, 2.75) is 12.8 Å². The Morgan fingerprint density at radius 1 is 0.525 bits per heavy atom. The van der Waals surface area contributed by atoms with Gasteiger partial charge in [-0.15, -0.1) is 0 Å². The largest absolute Gasteiger partial charge is 0.494 e. The fraction of sp³-hybridized carbons (Fsp3) is 0.0811. The summed E-state index contributed by atoms with van der Waals surface area (Å²) in [4.78, 5) is 7.59. The summed E-state index contributed by atoms with van der Waals surface area (Å²) >= 11 is 0. The lowest BCUT2D eigenvalue weighted by atomic mass is 9.80. The molecular formula is C37H30N2O. The molecule has 0 radical (unpaired) electrons. The molecule has 7 rings (SSSR count). The quantitative estimate of drug-likeness (QED) is 0.217. The molecule has 3 nitrogen and oxygen atoms in total. The van der Waals surface area contributed by atoms with Gasteiger partial charge in [0.15, 0.2) is 0 Å². The molecule has 0 amide bonds. The molecule has 0 unspecified atom stereocenters. The lowest BCUT2D eigenvalue weighted by molar-refractivity contribution is 0.340. The van der Waals surface area contributed by atoms with E-state index in [1.807, 2.05) is 6.92 Å². The van der Waals surface area contributed by atoms with E-state index in [1.165, 1.54) is 38.6 Å². The van der Waals surface area contributed by atoms with Crippen LogP contribution in [0.5, 0.6) is 5.75 Å². The maximum absolute atomic E-state index is 5.84. The van der Waals surface area contributed by atoms with Gasteiger partial charge in [0.25, 0.3) is 0 Å². The van der Waals surface area contributed by atoms with Gasteiger partial charge >= 0.3 is 0 Å². The molecule has 2 aromatic heterocycles. The van der Waals surface area contributed by atoms with Crippen LogP contribution in [0.25, 0.3) is 44.3 Å². The minimum Gasteiger partial charge on any atom is -0.494 e. The van der Waals surface area contributed by atoms with Crippen LogP contribution < -0.4 is 4.74 Å². The van der Waals surface area contributed by atoms with Gasteiger partial charge < -0.3 is 14.7 Å². The molecule has 0 saturated heterocycles. The lowest BCUT2D eigenvalue weighted by Gasteiger charge is -2.22. The van der Waals surface area contributed by atoms with Gasteiger partial charge in [-0.1, -0.05) is 109 Å². The van der Waals surface area contributed by atoms with E-state index < -0.39 is 0 Å². The number of fused-ring (bicyclic) bond motifs is 2. The number of rotatable bonds is 7. The zero-order valence-electron chi connectivity index (χ0n) is 22.4. The number of benzene rings is 5. The minimum absolute atomic E-state index is 0.0478. The predicted octanol–water partition coefficient (Wildman–Crippen LogP) is 9.56. The van der Waals surface area contributed by atoms with E-state index >= 15 is 0 Å². The van der Waals surface area contributed by atoms with Crippen molar-refractivity contribution in [3.8, 4) is 28.3 Å². The van der Waals surface area contributed by atoms with Crippen LogP contribution in [-0.4, -0.2) is 16.6 Å². The van der Waals surface area contributed by atoms with Crippen molar-refractivity contribution >= 4 is 21.8 Å². The van der Waals surface area contributed by atoms with Crippen LogP contribution in [0, 0.1) is 0 Å². The first-order chi connectivity index (χ1) is 19.8. The van der Waals surface area contributed by atoms with E-state index in [9.17, 15) is 0 Å². The van der Waals surface area contributed by atoms with Crippen LogP contribution in [0.2, 0.25) is 0 Å². The zero-order valence-corrected chi connectivity index (χ0v) is 22.4. The molecule has 0 aliphatic carbocycles. The number of H-pyrrole nitrogens is 2. The average Bonchev–Trinajstić information content (AvgIpc) is 3.59. The average molecular weight is 519 g/mol. The third-order valence-electron chi connectivity index (χ3n) is 7.72. The molecule has 0 aliphatic rings. The summed E-state index contributed by atoms with van der Waals surface area (Å²) in [5.41, 5.74) is 10.7. The smallest absolute Gasteiger partial charge is 0.119 e. The van der Waals surface area contributed by atoms with Crippen molar-refractivity contribution in [3.05, 3.63) is 150 Å². The van der Waals surface area contributed by atoms with Gasteiger partial charge in [-0.2, -0.15) is 0 Å². The van der Waals surface area contributed by atoms with E-state index in [0.29, 0.717) is 6.61 Å². The molecule has 40 heavy (non-hydrogen) atoms. The van der Waals surface area contributed by atoms with Crippen molar-refractivity contribution in [1.82, 2.24) is 9.97 Å². The molecule has 2 N–H and O–H groups in total. The summed E-state index contributed by atoms with van der Waals surface area (Å²) < 4.78 is 5.84. The first-order valence-corrected chi connectivity index (χ1v) is 13.9. The van der Waals surface area contributed by atoms with Crippen LogP contribution in [0.15, 0.2) is 133 Å². The number of para-hydroxylation sites is 2. The molecule has 0 fully saturated rings. The van der Waals surface area contributed by atoms with Crippen LogP contribution in [0.1, 0.15) is 29.5 Å². The van der Waals surface area contributed by atoms with Crippen molar-refractivity contribution < 1.29 is 4.74 Å². The fourth-order valence-electron chi connectivity index (χ4n) is 5.99. The Morgan fingerprint density at radius 3 is 1.45 bits per heavy atom. The highest BCUT2D eigenvalue weighted by Crippen LogP contribution is 2.47. The molecule has 0 saturated carbocycles.